The van der Waals surface area contributed by atoms with Gasteiger partial charge in [0.15, 0.2) is 5.60 Å². The van der Waals surface area contributed by atoms with Crippen LogP contribution in [-0.4, -0.2) is 45.7 Å². The van der Waals surface area contributed by atoms with E-state index in [1.54, 1.807) is 4.98 Å². The van der Waals surface area contributed by atoms with Crippen molar-refractivity contribution in [2.45, 2.75) is 38.2 Å². The fraction of sp³-hybridized carbons (Fsp3) is 0.571. The second-order valence-electron chi connectivity index (χ2n) is 5.53. The zero-order valence-corrected chi connectivity index (χ0v) is 14.2. The number of carbonyl (C=O) groups is 2. The first-order chi connectivity index (χ1) is 11.7. The molecule has 0 aliphatic carbocycles. The minimum absolute atomic E-state index is 0.0566. The zero-order valence-electron chi connectivity index (χ0n) is 13.4. The summed E-state index contributed by atoms with van der Waals surface area (Å²) in [6, 6.07) is 0. The molecule has 1 aliphatic heterocycles. The summed E-state index contributed by atoms with van der Waals surface area (Å²) in [6.45, 7) is 2.02. The number of aromatic amines is 1. The highest BCUT2D eigenvalue weighted by Gasteiger charge is 2.52. The third kappa shape index (κ3) is 4.07. The molecule has 1 aromatic rings. The summed E-state index contributed by atoms with van der Waals surface area (Å²) in [5.41, 5.74) is -3.49. The molecule has 138 valence electrons. The van der Waals surface area contributed by atoms with Crippen LogP contribution in [0.1, 0.15) is 26.5 Å². The zero-order chi connectivity index (χ0) is 18.8. The lowest BCUT2D eigenvalue weighted by atomic mass is 9.99. The second kappa shape index (κ2) is 7.36. The SMILES string of the molecule is CC(=O)OC[C@@]1(CCl)O[C@@H](n2cc(F)c(=O)[nH]c2=O)C[C@@H]1OC(C)=O. The van der Waals surface area contributed by atoms with Gasteiger partial charge in [0.1, 0.15) is 18.9 Å². The first-order valence-corrected chi connectivity index (χ1v) is 7.77. The highest BCUT2D eigenvalue weighted by atomic mass is 35.5. The molecule has 0 aromatic carbocycles. The standard InChI is InChI=1S/C14H16ClFN2O7/c1-7(19)23-6-14(5-15)10(24-8(2)20)3-11(25-14)18-4-9(16)12(21)17-13(18)22/h4,10-11H,3,5-6H2,1-2H3,(H,17,21,22)/t10-,11+,14+/m0/s1. The molecule has 2 heterocycles. The number of alkyl halides is 1. The van der Waals surface area contributed by atoms with E-state index >= 15 is 0 Å². The van der Waals surface area contributed by atoms with E-state index in [2.05, 4.69) is 0 Å². The van der Waals surface area contributed by atoms with Crippen LogP contribution >= 0.6 is 11.6 Å². The van der Waals surface area contributed by atoms with Gasteiger partial charge in [-0.2, -0.15) is 4.39 Å². The Morgan fingerprint density at radius 1 is 1.44 bits per heavy atom. The molecule has 1 N–H and O–H groups in total. The quantitative estimate of drug-likeness (QED) is 0.569. The molecular formula is C14H16ClFN2O7. The van der Waals surface area contributed by atoms with Crippen LogP contribution in [0.15, 0.2) is 15.8 Å². The van der Waals surface area contributed by atoms with Gasteiger partial charge in [-0.25, -0.2) is 4.79 Å². The lowest BCUT2D eigenvalue weighted by molar-refractivity contribution is -0.171. The molecule has 0 saturated carbocycles. The Labute approximate surface area is 145 Å². The van der Waals surface area contributed by atoms with Crippen molar-refractivity contribution >= 4 is 23.5 Å². The maximum atomic E-state index is 13.5. The molecule has 11 heteroatoms. The minimum atomic E-state index is -1.42. The molecule has 9 nitrogen and oxygen atoms in total. The maximum Gasteiger partial charge on any atom is 0.330 e. The molecule has 0 unspecified atom stereocenters. The van der Waals surface area contributed by atoms with Crippen molar-refractivity contribution in [3.8, 4) is 0 Å². The van der Waals surface area contributed by atoms with E-state index in [0.29, 0.717) is 6.20 Å². The van der Waals surface area contributed by atoms with E-state index in [0.717, 1.165) is 4.57 Å². The molecule has 1 aromatic heterocycles. The topological polar surface area (TPSA) is 117 Å². The molecule has 1 fully saturated rings. The monoisotopic (exact) mass is 378 g/mol. The Kier molecular flexibility index (Phi) is 5.63. The summed E-state index contributed by atoms with van der Waals surface area (Å²) < 4.78 is 30.1. The largest absolute Gasteiger partial charge is 0.463 e. The van der Waals surface area contributed by atoms with Gasteiger partial charge in [-0.3, -0.25) is 23.9 Å². The molecule has 2 rings (SSSR count). The third-order valence-electron chi connectivity index (χ3n) is 3.66. The predicted molar refractivity (Wildman–Crippen MR) is 81.7 cm³/mol. The second-order valence-corrected chi connectivity index (χ2v) is 5.80. The first-order valence-electron chi connectivity index (χ1n) is 7.24. The number of carbonyl (C=O) groups excluding carboxylic acids is 2. The van der Waals surface area contributed by atoms with Crippen LogP contribution < -0.4 is 11.2 Å². The number of esters is 2. The molecule has 1 aliphatic rings. The molecule has 1 saturated heterocycles. The summed E-state index contributed by atoms with van der Waals surface area (Å²) in [4.78, 5) is 47.3. The van der Waals surface area contributed by atoms with Crippen LogP contribution in [-0.2, 0) is 23.8 Å². The minimum Gasteiger partial charge on any atom is -0.463 e. The smallest absolute Gasteiger partial charge is 0.330 e. The van der Waals surface area contributed by atoms with Gasteiger partial charge in [-0.15, -0.1) is 11.6 Å². The van der Waals surface area contributed by atoms with Crippen molar-refractivity contribution in [3.05, 3.63) is 32.9 Å². The summed E-state index contributed by atoms with van der Waals surface area (Å²) in [7, 11) is 0. The summed E-state index contributed by atoms with van der Waals surface area (Å²) in [5.74, 6) is -2.65. The number of ether oxygens (including phenoxy) is 3. The number of H-pyrrole nitrogens is 1. The van der Waals surface area contributed by atoms with Crippen LogP contribution in [0.5, 0.6) is 0 Å². The number of hydrogen-bond acceptors (Lipinski definition) is 7. The molecule has 0 bridgehead atoms. The predicted octanol–water partition coefficient (Wildman–Crippen LogP) is 0.0670. The number of halogens is 2. The van der Waals surface area contributed by atoms with E-state index in [9.17, 15) is 23.6 Å². The molecule has 0 spiro atoms. The van der Waals surface area contributed by atoms with Crippen molar-refractivity contribution in [1.29, 1.82) is 0 Å². The Hall–Kier alpha value is -2.20. The molecule has 3 atom stereocenters. The Morgan fingerprint density at radius 3 is 2.68 bits per heavy atom. The molecule has 0 amide bonds. The highest BCUT2D eigenvalue weighted by Crippen LogP contribution is 2.39. The van der Waals surface area contributed by atoms with Crippen LogP contribution in [0.2, 0.25) is 0 Å². The average molecular weight is 379 g/mol. The van der Waals surface area contributed by atoms with Crippen LogP contribution in [0.4, 0.5) is 4.39 Å². The normalized spacial score (nSPS) is 25.6. The van der Waals surface area contributed by atoms with Crippen molar-refractivity contribution in [2.24, 2.45) is 0 Å². The molecule has 25 heavy (non-hydrogen) atoms. The highest BCUT2D eigenvalue weighted by molar-refractivity contribution is 6.18. The number of aromatic nitrogens is 2. The van der Waals surface area contributed by atoms with Gasteiger partial charge < -0.3 is 14.2 Å². The van der Waals surface area contributed by atoms with Gasteiger partial charge in [-0.05, 0) is 0 Å². The first kappa shape index (κ1) is 19.1. The van der Waals surface area contributed by atoms with Crippen molar-refractivity contribution < 1.29 is 28.2 Å². The summed E-state index contributed by atoms with van der Waals surface area (Å²) in [5, 5.41) is 0. The van der Waals surface area contributed by atoms with Gasteiger partial charge in [0.25, 0.3) is 5.56 Å². The van der Waals surface area contributed by atoms with E-state index < -0.39 is 46.9 Å². The van der Waals surface area contributed by atoms with E-state index in [4.69, 9.17) is 25.8 Å². The van der Waals surface area contributed by atoms with Crippen LogP contribution in [0.3, 0.4) is 0 Å². The maximum absolute atomic E-state index is 13.5. The van der Waals surface area contributed by atoms with Crippen LogP contribution in [0, 0.1) is 5.82 Å². The van der Waals surface area contributed by atoms with E-state index in [-0.39, 0.29) is 18.9 Å². The van der Waals surface area contributed by atoms with E-state index in [1.807, 2.05) is 0 Å². The average Bonchev–Trinajstić information content (AvgIpc) is 2.87. The summed E-state index contributed by atoms with van der Waals surface area (Å²) >= 11 is 5.95. The number of nitrogens with one attached hydrogen (secondary N) is 1. The Bertz CT molecular complexity index is 792. The van der Waals surface area contributed by atoms with E-state index in [1.165, 1.54) is 13.8 Å². The van der Waals surface area contributed by atoms with Gasteiger partial charge in [0.2, 0.25) is 5.82 Å². The van der Waals surface area contributed by atoms with Gasteiger partial charge in [0.05, 0.1) is 12.1 Å². The van der Waals surface area contributed by atoms with Crippen molar-refractivity contribution in [1.82, 2.24) is 9.55 Å². The molecule has 0 radical (unpaired) electrons. The third-order valence-corrected chi connectivity index (χ3v) is 4.11. The van der Waals surface area contributed by atoms with Gasteiger partial charge >= 0.3 is 17.6 Å². The Morgan fingerprint density at radius 2 is 2.12 bits per heavy atom. The lowest BCUT2D eigenvalue weighted by Crippen LogP contribution is -2.48. The van der Waals surface area contributed by atoms with Crippen molar-refractivity contribution in [2.75, 3.05) is 12.5 Å². The fourth-order valence-corrected chi connectivity index (χ4v) is 2.81. The fourth-order valence-electron chi connectivity index (χ4n) is 2.50. The molecular weight excluding hydrogens is 363 g/mol. The number of rotatable bonds is 5. The summed E-state index contributed by atoms with van der Waals surface area (Å²) in [6.07, 6.45) is -1.41. The van der Waals surface area contributed by atoms with Gasteiger partial charge in [0, 0.05) is 20.3 Å². The lowest BCUT2D eigenvalue weighted by Gasteiger charge is -2.31. The number of hydrogen-bond donors (Lipinski definition) is 1. The van der Waals surface area contributed by atoms with Crippen molar-refractivity contribution in [3.63, 3.8) is 0 Å². The van der Waals surface area contributed by atoms with Gasteiger partial charge in [-0.1, -0.05) is 0 Å². The number of nitrogens with zero attached hydrogens (tertiary/aromatic N) is 1. The van der Waals surface area contributed by atoms with Crippen LogP contribution in [0.25, 0.3) is 0 Å². The Balaban J connectivity index is 2.39.